The Balaban J connectivity index is 2.66. The molecule has 1 rings (SSSR count). The van der Waals surface area contributed by atoms with Crippen LogP contribution in [0.3, 0.4) is 0 Å². The molecule has 1 N–H and O–H groups in total. The fourth-order valence-electron chi connectivity index (χ4n) is 1.59. The number of hydrogen-bond acceptors (Lipinski definition) is 2. The lowest BCUT2D eigenvalue weighted by Gasteiger charge is -2.44. The Bertz CT molecular complexity index is 250. The number of likely N-dealkylation sites (tertiary alicyclic amines) is 1. The number of carbonyl (C=O) groups is 2. The molecule has 0 bridgehead atoms. The zero-order valence-corrected chi connectivity index (χ0v) is 7.91. The summed E-state index contributed by atoms with van der Waals surface area (Å²) in [6.45, 7) is 5.98. The van der Waals surface area contributed by atoms with E-state index in [-0.39, 0.29) is 23.8 Å². The first-order valence-electron chi connectivity index (χ1n) is 4.26. The van der Waals surface area contributed by atoms with Crippen molar-refractivity contribution in [2.45, 2.75) is 13.0 Å². The minimum atomic E-state index is -0.310. The predicted molar refractivity (Wildman–Crippen MR) is 48.9 cm³/mol. The lowest BCUT2D eigenvalue weighted by Crippen LogP contribution is -2.63. The van der Waals surface area contributed by atoms with Crippen LogP contribution in [0, 0.1) is 5.92 Å². The highest BCUT2D eigenvalue weighted by atomic mass is 16.2. The molecule has 1 fully saturated rings. The molecule has 0 spiro atoms. The van der Waals surface area contributed by atoms with Crippen LogP contribution in [-0.4, -0.2) is 36.3 Å². The van der Waals surface area contributed by atoms with Gasteiger partial charge in [-0.3, -0.25) is 9.59 Å². The van der Waals surface area contributed by atoms with Crippen LogP contribution < -0.4 is 5.32 Å². The highest BCUT2D eigenvalue weighted by Crippen LogP contribution is 2.24. The maximum atomic E-state index is 11.3. The van der Waals surface area contributed by atoms with Gasteiger partial charge in [0.05, 0.1) is 0 Å². The average Bonchev–Trinajstić information content (AvgIpc) is 2.12. The van der Waals surface area contributed by atoms with Crippen molar-refractivity contribution < 1.29 is 9.59 Å². The van der Waals surface area contributed by atoms with Crippen LogP contribution in [0.1, 0.15) is 6.92 Å². The van der Waals surface area contributed by atoms with Crippen LogP contribution >= 0.6 is 0 Å². The molecule has 13 heavy (non-hydrogen) atoms. The van der Waals surface area contributed by atoms with Crippen molar-refractivity contribution in [3.05, 3.63) is 12.7 Å². The van der Waals surface area contributed by atoms with E-state index in [0.29, 0.717) is 6.54 Å². The maximum absolute atomic E-state index is 11.3. The van der Waals surface area contributed by atoms with Crippen molar-refractivity contribution in [3.8, 4) is 0 Å². The third kappa shape index (κ3) is 1.56. The topological polar surface area (TPSA) is 49.4 Å². The Kier molecular flexibility index (Phi) is 2.70. The molecule has 0 radical (unpaired) electrons. The fourth-order valence-corrected chi connectivity index (χ4v) is 1.59. The van der Waals surface area contributed by atoms with E-state index in [1.54, 1.807) is 7.05 Å². The third-order valence-electron chi connectivity index (χ3n) is 2.33. The number of nitrogens with one attached hydrogen (secondary N) is 1. The van der Waals surface area contributed by atoms with Crippen molar-refractivity contribution >= 4 is 11.8 Å². The molecular weight excluding hydrogens is 168 g/mol. The molecule has 1 heterocycles. The van der Waals surface area contributed by atoms with Gasteiger partial charge in [-0.2, -0.15) is 0 Å². The average molecular weight is 182 g/mol. The van der Waals surface area contributed by atoms with Crippen molar-refractivity contribution in [1.82, 2.24) is 10.2 Å². The molecule has 4 heteroatoms. The molecule has 0 aliphatic carbocycles. The van der Waals surface area contributed by atoms with E-state index in [2.05, 4.69) is 11.9 Å². The molecule has 2 unspecified atom stereocenters. The summed E-state index contributed by atoms with van der Waals surface area (Å²) in [6.07, 6.45) is 1.24. The van der Waals surface area contributed by atoms with Gasteiger partial charge in [0, 0.05) is 19.5 Å². The van der Waals surface area contributed by atoms with Crippen LogP contribution in [0.4, 0.5) is 0 Å². The summed E-state index contributed by atoms with van der Waals surface area (Å²) in [5.74, 6) is -0.0375. The van der Waals surface area contributed by atoms with E-state index in [0.717, 1.165) is 0 Å². The van der Waals surface area contributed by atoms with Gasteiger partial charge in [0.1, 0.15) is 6.04 Å². The van der Waals surface area contributed by atoms with Crippen LogP contribution in [0.2, 0.25) is 0 Å². The lowest BCUT2D eigenvalue weighted by atomic mass is 9.89. The summed E-state index contributed by atoms with van der Waals surface area (Å²) in [6, 6.07) is -0.310. The minimum Gasteiger partial charge on any atom is -0.357 e. The first-order chi connectivity index (χ1) is 6.11. The molecular formula is C9H14N2O2. The van der Waals surface area contributed by atoms with E-state index in [4.69, 9.17) is 0 Å². The standard InChI is InChI=1S/C9H14N2O2/c1-4-7(12)11-5-6(2)8(11)9(13)10-3/h4,6,8H,1,5H2,2-3H3,(H,10,13). The van der Waals surface area contributed by atoms with Gasteiger partial charge >= 0.3 is 0 Å². The zero-order valence-electron chi connectivity index (χ0n) is 7.91. The summed E-state index contributed by atoms with van der Waals surface area (Å²) < 4.78 is 0. The SMILES string of the molecule is C=CC(=O)N1CC(C)C1C(=O)NC. The van der Waals surface area contributed by atoms with Crippen molar-refractivity contribution in [1.29, 1.82) is 0 Å². The number of carbonyl (C=O) groups excluding carboxylic acids is 2. The zero-order chi connectivity index (χ0) is 10.0. The van der Waals surface area contributed by atoms with E-state index in [1.807, 2.05) is 6.92 Å². The smallest absolute Gasteiger partial charge is 0.246 e. The number of likely N-dealkylation sites (N-methyl/N-ethyl adjacent to an activating group) is 1. The van der Waals surface area contributed by atoms with Crippen molar-refractivity contribution in [3.63, 3.8) is 0 Å². The molecule has 2 atom stereocenters. The molecule has 0 saturated carbocycles. The van der Waals surface area contributed by atoms with E-state index < -0.39 is 0 Å². The monoisotopic (exact) mass is 182 g/mol. The third-order valence-corrected chi connectivity index (χ3v) is 2.33. The lowest BCUT2D eigenvalue weighted by molar-refractivity contribution is -0.148. The van der Waals surface area contributed by atoms with Crippen LogP contribution in [0.15, 0.2) is 12.7 Å². The first-order valence-corrected chi connectivity index (χ1v) is 4.26. The molecule has 72 valence electrons. The number of rotatable bonds is 2. The molecule has 1 aliphatic rings. The second-order valence-electron chi connectivity index (χ2n) is 3.23. The Morgan fingerprint density at radius 1 is 1.62 bits per heavy atom. The summed E-state index contributed by atoms with van der Waals surface area (Å²) in [5.41, 5.74) is 0. The summed E-state index contributed by atoms with van der Waals surface area (Å²) in [4.78, 5) is 24.0. The van der Waals surface area contributed by atoms with E-state index >= 15 is 0 Å². The number of amides is 2. The van der Waals surface area contributed by atoms with Gasteiger partial charge < -0.3 is 10.2 Å². The highest BCUT2D eigenvalue weighted by molar-refractivity contribution is 5.94. The Labute approximate surface area is 77.6 Å². The largest absolute Gasteiger partial charge is 0.357 e. The quantitative estimate of drug-likeness (QED) is 0.599. The fraction of sp³-hybridized carbons (Fsp3) is 0.556. The summed E-state index contributed by atoms with van der Waals surface area (Å²) in [7, 11) is 1.57. The van der Waals surface area contributed by atoms with Gasteiger partial charge in [-0.1, -0.05) is 13.5 Å². The molecule has 2 amide bonds. The van der Waals surface area contributed by atoms with E-state index in [9.17, 15) is 9.59 Å². The number of hydrogen-bond donors (Lipinski definition) is 1. The Hall–Kier alpha value is -1.32. The van der Waals surface area contributed by atoms with Crippen LogP contribution in [0.25, 0.3) is 0 Å². The van der Waals surface area contributed by atoms with Crippen LogP contribution in [0.5, 0.6) is 0 Å². The predicted octanol–water partition coefficient (Wildman–Crippen LogP) is -0.235. The molecule has 4 nitrogen and oxygen atoms in total. The van der Waals surface area contributed by atoms with Crippen molar-refractivity contribution in [2.24, 2.45) is 5.92 Å². The van der Waals surface area contributed by atoms with Gasteiger partial charge in [-0.25, -0.2) is 0 Å². The van der Waals surface area contributed by atoms with Gasteiger partial charge in [-0.15, -0.1) is 0 Å². The number of nitrogens with zero attached hydrogens (tertiary/aromatic N) is 1. The second-order valence-corrected chi connectivity index (χ2v) is 3.23. The van der Waals surface area contributed by atoms with Crippen molar-refractivity contribution in [2.75, 3.05) is 13.6 Å². The molecule has 0 aromatic carbocycles. The minimum absolute atomic E-state index is 0.103. The Morgan fingerprint density at radius 3 is 2.62 bits per heavy atom. The summed E-state index contributed by atoms with van der Waals surface area (Å²) in [5, 5.41) is 2.54. The molecule has 0 aromatic heterocycles. The normalized spacial score (nSPS) is 26.2. The Morgan fingerprint density at radius 2 is 2.23 bits per heavy atom. The highest BCUT2D eigenvalue weighted by Gasteiger charge is 2.42. The molecule has 0 aromatic rings. The van der Waals surface area contributed by atoms with Gasteiger partial charge in [-0.05, 0) is 6.08 Å². The maximum Gasteiger partial charge on any atom is 0.246 e. The molecule has 1 aliphatic heterocycles. The second kappa shape index (κ2) is 3.60. The molecule has 1 saturated heterocycles. The van der Waals surface area contributed by atoms with Gasteiger partial charge in [0.25, 0.3) is 0 Å². The van der Waals surface area contributed by atoms with Gasteiger partial charge in [0.15, 0.2) is 0 Å². The van der Waals surface area contributed by atoms with E-state index in [1.165, 1.54) is 11.0 Å². The van der Waals surface area contributed by atoms with Crippen LogP contribution in [-0.2, 0) is 9.59 Å². The van der Waals surface area contributed by atoms with Gasteiger partial charge in [0.2, 0.25) is 11.8 Å². The summed E-state index contributed by atoms with van der Waals surface area (Å²) >= 11 is 0. The first kappa shape index (κ1) is 9.77.